The Hall–Kier alpha value is -5.94. The van der Waals surface area contributed by atoms with E-state index in [1.807, 2.05) is 44.2 Å². The highest BCUT2D eigenvalue weighted by Gasteiger charge is 2.45. The van der Waals surface area contributed by atoms with Crippen molar-refractivity contribution in [1.29, 1.82) is 0 Å². The number of carbonyl (C=O) groups excluding carboxylic acids is 6. The third kappa shape index (κ3) is 11.9. The molecule has 2 aliphatic carbocycles. The van der Waals surface area contributed by atoms with Crippen molar-refractivity contribution < 1.29 is 51.4 Å². The molecule has 1 aromatic heterocycles. The molecule has 15 nitrogen and oxygen atoms in total. The van der Waals surface area contributed by atoms with Gasteiger partial charge < -0.3 is 35.6 Å². The van der Waals surface area contributed by atoms with Crippen molar-refractivity contribution in [2.45, 2.75) is 109 Å². The summed E-state index contributed by atoms with van der Waals surface area (Å²) in [6, 6.07) is 13.4. The van der Waals surface area contributed by atoms with Gasteiger partial charge in [0.2, 0.25) is 5.91 Å². The summed E-state index contributed by atoms with van der Waals surface area (Å²) < 4.78 is 54.4. The summed E-state index contributed by atoms with van der Waals surface area (Å²) in [5, 5.41) is 10.0. The van der Waals surface area contributed by atoms with Gasteiger partial charge in [-0.3, -0.25) is 19.2 Å². The first kappa shape index (κ1) is 45.6. The van der Waals surface area contributed by atoms with Crippen LogP contribution in [-0.2, 0) is 31.7 Å². The molecule has 0 unspecified atom stereocenters. The number of nitrogens with one attached hydrogen (secondary N) is 2. The predicted molar refractivity (Wildman–Crippen MR) is 222 cm³/mol. The second kappa shape index (κ2) is 19.8. The van der Waals surface area contributed by atoms with Crippen molar-refractivity contribution in [3.8, 4) is 5.69 Å². The first-order chi connectivity index (χ1) is 29.5. The molecule has 1 saturated heterocycles. The molecular formula is C44H54F3N7O8. The average molecular weight is 866 g/mol. The van der Waals surface area contributed by atoms with Gasteiger partial charge in [-0.25, -0.2) is 14.3 Å². The number of carbonyl (C=O) groups is 6. The van der Waals surface area contributed by atoms with Crippen molar-refractivity contribution in [3.63, 3.8) is 0 Å². The molecule has 0 bridgehead atoms. The Morgan fingerprint density at radius 2 is 1.50 bits per heavy atom. The zero-order valence-corrected chi connectivity index (χ0v) is 35.1. The van der Waals surface area contributed by atoms with Gasteiger partial charge in [-0.2, -0.15) is 18.3 Å². The van der Waals surface area contributed by atoms with Crippen LogP contribution in [0.1, 0.15) is 117 Å². The van der Waals surface area contributed by atoms with E-state index in [2.05, 4.69) is 15.7 Å². The molecule has 0 atom stereocenters. The number of unbranched alkanes of at least 4 members (excludes halogenated alkanes) is 3. The van der Waals surface area contributed by atoms with Crippen molar-refractivity contribution in [2.24, 2.45) is 11.1 Å². The number of halogens is 3. The lowest BCUT2D eigenvalue weighted by molar-refractivity contribution is -0.141. The number of primary amides is 1. The Balaban J connectivity index is 0.906. The number of aromatic nitrogens is 2. The fraction of sp³-hybridized carbons (Fsp3) is 0.523. The second-order valence-corrected chi connectivity index (χ2v) is 17.0. The minimum absolute atomic E-state index is 0.0398. The van der Waals surface area contributed by atoms with Gasteiger partial charge in [-0.1, -0.05) is 44.9 Å². The highest BCUT2D eigenvalue weighted by atomic mass is 19.4. The summed E-state index contributed by atoms with van der Waals surface area (Å²) in [6.45, 7) is 4.17. The molecular weight excluding hydrogens is 812 g/mol. The molecule has 1 saturated carbocycles. The number of piperazine rings is 1. The highest BCUT2D eigenvalue weighted by molar-refractivity contribution is 6.01. The van der Waals surface area contributed by atoms with Crippen LogP contribution in [0.2, 0.25) is 0 Å². The fourth-order valence-electron chi connectivity index (χ4n) is 8.20. The van der Waals surface area contributed by atoms with Gasteiger partial charge in [0.15, 0.2) is 23.9 Å². The molecule has 3 aliphatic rings. The van der Waals surface area contributed by atoms with Crippen molar-refractivity contribution >= 4 is 46.9 Å². The molecule has 0 spiro atoms. The van der Waals surface area contributed by atoms with Gasteiger partial charge in [-0.05, 0) is 80.7 Å². The molecule has 2 fully saturated rings. The average Bonchev–Trinajstić information content (AvgIpc) is 3.62. The molecule has 62 heavy (non-hydrogen) atoms. The van der Waals surface area contributed by atoms with E-state index in [0.717, 1.165) is 23.2 Å². The first-order valence-corrected chi connectivity index (χ1v) is 21.1. The van der Waals surface area contributed by atoms with Gasteiger partial charge in [-0.15, -0.1) is 0 Å². The largest absolute Gasteiger partial charge is 0.446 e. The molecule has 1 aliphatic heterocycles. The van der Waals surface area contributed by atoms with Crippen LogP contribution < -0.4 is 16.4 Å². The van der Waals surface area contributed by atoms with Crippen LogP contribution in [-0.4, -0.2) is 100 Å². The maximum absolute atomic E-state index is 14.1. The molecule has 4 amide bonds. The standard InChI is InChI=1S/C44H54F3N7O8/c1-43(2)25-35-38(36(56)26-43)39(44(45,46)47)51-54(35)30-16-19-33(40(48)58)34(24-30)49-29-14-17-32(18-15-29)62-42(60)53-22-20-52(21-23-53)41(59)61-27-31(55)12-8-3-4-9-13-37(57)50-28-10-6-5-7-11-28/h5-7,10-11,16,19,24,29,32,49H,3-4,8-9,12-15,17-18,20-23,25-27H2,1-2H3,(H2,48,58)(H,50,57). The van der Waals surface area contributed by atoms with E-state index in [1.165, 1.54) is 28.0 Å². The predicted octanol–water partition coefficient (Wildman–Crippen LogP) is 7.31. The monoisotopic (exact) mass is 865 g/mol. The van der Waals surface area contributed by atoms with Gasteiger partial charge in [0, 0.05) is 62.9 Å². The highest BCUT2D eigenvalue weighted by Crippen LogP contribution is 2.42. The number of para-hydroxylation sites is 1. The molecule has 0 radical (unpaired) electrons. The summed E-state index contributed by atoms with van der Waals surface area (Å²) in [7, 11) is 0. The number of Topliss-reactive ketones (excluding diaryl/α,β-unsaturated/α-hetero) is 2. The normalized spacial score (nSPS) is 18.7. The van der Waals surface area contributed by atoms with E-state index in [1.54, 1.807) is 0 Å². The molecule has 2 aromatic carbocycles. The Bertz CT molecular complexity index is 2130. The zero-order chi connectivity index (χ0) is 44.6. The Kier molecular flexibility index (Phi) is 14.6. The summed E-state index contributed by atoms with van der Waals surface area (Å²) in [4.78, 5) is 78.4. The lowest BCUT2D eigenvalue weighted by Gasteiger charge is -2.35. The van der Waals surface area contributed by atoms with Gasteiger partial charge in [0.05, 0.1) is 22.5 Å². The lowest BCUT2D eigenvalue weighted by Crippen LogP contribution is -2.51. The van der Waals surface area contributed by atoms with Crippen LogP contribution in [0, 0.1) is 5.41 Å². The molecule has 2 heterocycles. The molecule has 18 heteroatoms. The number of nitrogens with zero attached hydrogens (tertiary/aromatic N) is 4. The summed E-state index contributed by atoms with van der Waals surface area (Å²) in [5.74, 6) is -1.59. The maximum Gasteiger partial charge on any atom is 0.435 e. The number of alkyl halides is 3. The third-order valence-corrected chi connectivity index (χ3v) is 11.4. The minimum Gasteiger partial charge on any atom is -0.446 e. The van der Waals surface area contributed by atoms with Crippen molar-refractivity contribution in [1.82, 2.24) is 19.6 Å². The van der Waals surface area contributed by atoms with E-state index in [4.69, 9.17) is 15.2 Å². The molecule has 334 valence electrons. The lowest BCUT2D eigenvalue weighted by atomic mass is 9.75. The van der Waals surface area contributed by atoms with Crippen LogP contribution in [0.5, 0.6) is 0 Å². The van der Waals surface area contributed by atoms with Crippen LogP contribution >= 0.6 is 0 Å². The van der Waals surface area contributed by atoms with Gasteiger partial charge >= 0.3 is 18.4 Å². The Morgan fingerprint density at radius 1 is 0.855 bits per heavy atom. The van der Waals surface area contributed by atoms with E-state index in [9.17, 15) is 41.9 Å². The van der Waals surface area contributed by atoms with Crippen LogP contribution in [0.15, 0.2) is 48.5 Å². The summed E-state index contributed by atoms with van der Waals surface area (Å²) in [5.41, 5.74) is 5.03. The maximum atomic E-state index is 14.1. The van der Waals surface area contributed by atoms with Crippen LogP contribution in [0.3, 0.4) is 0 Å². The number of rotatable bonds is 15. The molecule has 3 aromatic rings. The number of amides is 4. The van der Waals surface area contributed by atoms with Gasteiger partial charge in [0.25, 0.3) is 5.91 Å². The third-order valence-electron chi connectivity index (χ3n) is 11.4. The number of benzene rings is 2. The number of fused-ring (bicyclic) bond motifs is 1. The number of nitrogens with two attached hydrogens (primary N) is 1. The number of ketones is 2. The molecule has 6 rings (SSSR count). The number of ether oxygens (including phenoxy) is 2. The van der Waals surface area contributed by atoms with Gasteiger partial charge in [0.1, 0.15) is 6.10 Å². The van der Waals surface area contributed by atoms with Crippen molar-refractivity contribution in [2.75, 3.05) is 43.4 Å². The number of anilines is 2. The van der Waals surface area contributed by atoms with E-state index in [0.29, 0.717) is 50.6 Å². The SMILES string of the molecule is CC1(C)CC(=O)c2c(C(F)(F)F)nn(-c3ccc(C(N)=O)c(NC4CCC(OC(=O)N5CCN(C(=O)OCC(=O)CCCCCCC(=O)Nc6ccccc6)CC5)CC4)c3)c2C1. The van der Waals surface area contributed by atoms with E-state index in [-0.39, 0.29) is 92.8 Å². The smallest absolute Gasteiger partial charge is 0.435 e. The Morgan fingerprint density at radius 3 is 2.15 bits per heavy atom. The van der Waals surface area contributed by atoms with E-state index < -0.39 is 46.7 Å². The van der Waals surface area contributed by atoms with Crippen molar-refractivity contribution in [3.05, 3.63) is 71.0 Å². The fourth-order valence-corrected chi connectivity index (χ4v) is 8.20. The van der Waals surface area contributed by atoms with Crippen LogP contribution in [0.25, 0.3) is 5.69 Å². The topological polar surface area (TPSA) is 195 Å². The number of hydrogen-bond donors (Lipinski definition) is 3. The second-order valence-electron chi connectivity index (χ2n) is 17.0. The molecule has 4 N–H and O–H groups in total. The number of hydrogen-bond acceptors (Lipinski definition) is 10. The van der Waals surface area contributed by atoms with E-state index >= 15 is 0 Å². The summed E-state index contributed by atoms with van der Waals surface area (Å²) >= 11 is 0. The first-order valence-electron chi connectivity index (χ1n) is 21.1. The quantitative estimate of drug-likeness (QED) is 0.130. The summed E-state index contributed by atoms with van der Waals surface area (Å²) in [6.07, 6.45) is -0.523. The minimum atomic E-state index is -4.84. The zero-order valence-electron chi connectivity index (χ0n) is 35.1. The van der Waals surface area contributed by atoms with Crippen LogP contribution in [0.4, 0.5) is 34.1 Å². The Labute approximate surface area is 357 Å².